The Hall–Kier alpha value is -1.54. The van der Waals surface area contributed by atoms with Gasteiger partial charge < -0.3 is 10.1 Å². The Morgan fingerprint density at radius 1 is 1.14 bits per heavy atom. The average molecular weight is 293 g/mol. The van der Waals surface area contributed by atoms with Gasteiger partial charge in [0.1, 0.15) is 11.9 Å². The molecule has 4 atom stereocenters. The second kappa shape index (κ2) is 4.73. The zero-order valence-corrected chi connectivity index (χ0v) is 12.9. The van der Waals surface area contributed by atoms with Crippen molar-refractivity contribution in [2.75, 3.05) is 13.1 Å². The molecule has 1 aromatic rings. The number of piperidine rings is 1. The van der Waals surface area contributed by atoms with E-state index in [0.717, 1.165) is 19.0 Å². The van der Waals surface area contributed by atoms with E-state index in [1.54, 1.807) is 11.1 Å². The lowest BCUT2D eigenvalue weighted by Gasteiger charge is -2.25. The monoisotopic (exact) mass is 293 g/mol. The summed E-state index contributed by atoms with van der Waals surface area (Å²) in [5.74, 6) is 3.76. The first-order valence-electron chi connectivity index (χ1n) is 8.66. The lowest BCUT2D eigenvalue weighted by Crippen LogP contribution is -2.38. The van der Waals surface area contributed by atoms with Gasteiger partial charge in [0, 0.05) is 18.4 Å². The molecule has 1 saturated carbocycles. The third-order valence-electron chi connectivity index (χ3n) is 6.12. The van der Waals surface area contributed by atoms with E-state index in [9.17, 15) is 0 Å². The minimum atomic E-state index is 0.374. The van der Waals surface area contributed by atoms with Crippen LogP contribution in [0.25, 0.3) is 0 Å². The summed E-state index contributed by atoms with van der Waals surface area (Å²) in [7, 11) is 0. The molecule has 0 spiro atoms. The molecular formula is C20H23NO. The molecule has 1 aromatic carbocycles. The summed E-state index contributed by atoms with van der Waals surface area (Å²) in [6.45, 7) is 6.49. The zero-order chi connectivity index (χ0) is 14.7. The van der Waals surface area contributed by atoms with Gasteiger partial charge in [-0.3, -0.25) is 0 Å². The second-order valence-corrected chi connectivity index (χ2v) is 7.40. The van der Waals surface area contributed by atoms with Gasteiger partial charge in [0.25, 0.3) is 0 Å². The fraction of sp³-hybridized carbons (Fsp3) is 0.500. The number of allylic oxidation sites excluding steroid dienone is 1. The van der Waals surface area contributed by atoms with E-state index in [4.69, 9.17) is 4.74 Å². The molecule has 2 aliphatic heterocycles. The van der Waals surface area contributed by atoms with Crippen molar-refractivity contribution in [2.45, 2.75) is 25.4 Å². The van der Waals surface area contributed by atoms with Crippen LogP contribution in [0, 0.1) is 23.7 Å². The zero-order valence-electron chi connectivity index (χ0n) is 12.9. The van der Waals surface area contributed by atoms with Gasteiger partial charge in [0.05, 0.1) is 0 Å². The van der Waals surface area contributed by atoms with Gasteiger partial charge >= 0.3 is 0 Å². The molecule has 0 aromatic heterocycles. The predicted molar refractivity (Wildman–Crippen MR) is 87.4 cm³/mol. The molecule has 2 aliphatic carbocycles. The lowest BCUT2D eigenvalue weighted by atomic mass is 9.95. The molecule has 0 radical (unpaired) electrons. The highest BCUT2D eigenvalue weighted by Gasteiger charge is 2.53. The van der Waals surface area contributed by atoms with Crippen LogP contribution in [-0.2, 0) is 17.6 Å². The summed E-state index contributed by atoms with van der Waals surface area (Å²) in [4.78, 5) is 0. The molecule has 0 amide bonds. The predicted octanol–water partition coefficient (Wildman–Crippen LogP) is 3.10. The van der Waals surface area contributed by atoms with Crippen LogP contribution < -0.4 is 5.32 Å². The van der Waals surface area contributed by atoms with Crippen molar-refractivity contribution in [2.24, 2.45) is 23.7 Å². The number of ether oxygens (including phenoxy) is 1. The maximum Gasteiger partial charge on any atom is 0.117 e. The second-order valence-electron chi connectivity index (χ2n) is 7.40. The Morgan fingerprint density at radius 2 is 1.91 bits per heavy atom. The third-order valence-corrected chi connectivity index (χ3v) is 6.12. The first-order chi connectivity index (χ1) is 10.8. The van der Waals surface area contributed by atoms with Crippen molar-refractivity contribution >= 4 is 0 Å². The quantitative estimate of drug-likeness (QED) is 0.846. The Kier molecular flexibility index (Phi) is 2.78. The first-order valence-corrected chi connectivity index (χ1v) is 8.66. The van der Waals surface area contributed by atoms with Gasteiger partial charge in [-0.2, -0.15) is 0 Å². The van der Waals surface area contributed by atoms with E-state index < -0.39 is 0 Å². The standard InChI is InChI=1S/C20H23NO/c1-12-19(16-8-13-4-2-3-5-14(13)9-16)20(12)17-10-15-6-7-21-11-18(15)22-17/h2-5,10,15-16,18-21H,1,6-9,11H2. The normalized spacial score (nSPS) is 36.5. The summed E-state index contributed by atoms with van der Waals surface area (Å²) in [6, 6.07) is 8.92. The molecule has 5 rings (SSSR count). The Bertz CT molecular complexity index is 636. The van der Waals surface area contributed by atoms with Gasteiger partial charge in [-0.05, 0) is 54.8 Å². The Labute approximate surface area is 132 Å². The first kappa shape index (κ1) is 13.0. The number of nitrogens with one attached hydrogen (secondary N) is 1. The molecule has 1 N–H and O–H groups in total. The molecule has 2 fully saturated rings. The fourth-order valence-corrected chi connectivity index (χ4v) is 4.89. The van der Waals surface area contributed by atoms with E-state index in [-0.39, 0.29) is 0 Å². The topological polar surface area (TPSA) is 21.3 Å². The molecule has 2 heterocycles. The van der Waals surface area contributed by atoms with Gasteiger partial charge in [0.2, 0.25) is 0 Å². The summed E-state index contributed by atoms with van der Waals surface area (Å²) in [6.07, 6.45) is 6.45. The van der Waals surface area contributed by atoms with Crippen molar-refractivity contribution < 1.29 is 4.74 Å². The van der Waals surface area contributed by atoms with Crippen LogP contribution in [0.5, 0.6) is 0 Å². The van der Waals surface area contributed by atoms with Crippen LogP contribution in [0.3, 0.4) is 0 Å². The SMILES string of the molecule is C=C1C(C2=CC3CCNCC3O2)C1C1Cc2ccccc2C1. The van der Waals surface area contributed by atoms with Crippen LogP contribution in [0.2, 0.25) is 0 Å². The van der Waals surface area contributed by atoms with Gasteiger partial charge in [-0.1, -0.05) is 36.4 Å². The van der Waals surface area contributed by atoms with E-state index in [1.807, 2.05) is 0 Å². The van der Waals surface area contributed by atoms with Gasteiger partial charge in [-0.15, -0.1) is 0 Å². The third kappa shape index (κ3) is 1.90. The minimum Gasteiger partial charge on any atom is -0.492 e. The lowest BCUT2D eigenvalue weighted by molar-refractivity contribution is 0.0848. The summed E-state index contributed by atoms with van der Waals surface area (Å²) < 4.78 is 6.26. The average Bonchev–Trinajstić information content (AvgIpc) is 2.92. The number of fused-ring (bicyclic) bond motifs is 2. The Balaban J connectivity index is 1.32. The molecule has 114 valence electrons. The Morgan fingerprint density at radius 3 is 2.64 bits per heavy atom. The molecule has 2 heteroatoms. The number of benzene rings is 1. The highest BCUT2D eigenvalue weighted by Crippen LogP contribution is 2.58. The summed E-state index contributed by atoms with van der Waals surface area (Å²) in [5, 5.41) is 3.44. The fourth-order valence-electron chi connectivity index (χ4n) is 4.89. The van der Waals surface area contributed by atoms with Gasteiger partial charge in [-0.25, -0.2) is 0 Å². The van der Waals surface area contributed by atoms with Crippen molar-refractivity contribution in [1.29, 1.82) is 0 Å². The van der Waals surface area contributed by atoms with E-state index in [0.29, 0.717) is 23.9 Å². The highest BCUT2D eigenvalue weighted by atomic mass is 16.5. The number of hydrogen-bond acceptors (Lipinski definition) is 2. The number of hydrogen-bond donors (Lipinski definition) is 1. The molecular weight excluding hydrogens is 270 g/mol. The van der Waals surface area contributed by atoms with Crippen LogP contribution in [0.4, 0.5) is 0 Å². The van der Waals surface area contributed by atoms with E-state index in [1.165, 1.54) is 30.6 Å². The molecule has 0 bridgehead atoms. The van der Waals surface area contributed by atoms with Crippen LogP contribution in [-0.4, -0.2) is 19.2 Å². The van der Waals surface area contributed by atoms with Crippen molar-refractivity contribution in [1.82, 2.24) is 5.32 Å². The minimum absolute atomic E-state index is 0.374. The van der Waals surface area contributed by atoms with Gasteiger partial charge in [0.15, 0.2) is 0 Å². The highest BCUT2D eigenvalue weighted by molar-refractivity contribution is 5.42. The number of rotatable bonds is 2. The maximum atomic E-state index is 6.26. The van der Waals surface area contributed by atoms with Crippen LogP contribution in [0.1, 0.15) is 17.5 Å². The van der Waals surface area contributed by atoms with Crippen molar-refractivity contribution in [3.05, 3.63) is 59.4 Å². The summed E-state index contributed by atoms with van der Waals surface area (Å²) in [5.41, 5.74) is 4.51. The van der Waals surface area contributed by atoms with E-state index in [2.05, 4.69) is 42.2 Å². The van der Waals surface area contributed by atoms with Crippen molar-refractivity contribution in [3.8, 4) is 0 Å². The molecule has 2 nitrogen and oxygen atoms in total. The van der Waals surface area contributed by atoms with Crippen LogP contribution in [0.15, 0.2) is 48.3 Å². The maximum absolute atomic E-state index is 6.26. The summed E-state index contributed by atoms with van der Waals surface area (Å²) >= 11 is 0. The molecule has 4 unspecified atom stereocenters. The van der Waals surface area contributed by atoms with E-state index >= 15 is 0 Å². The molecule has 22 heavy (non-hydrogen) atoms. The smallest absolute Gasteiger partial charge is 0.117 e. The van der Waals surface area contributed by atoms with Crippen molar-refractivity contribution in [3.63, 3.8) is 0 Å². The molecule has 1 saturated heterocycles. The molecule has 4 aliphatic rings. The largest absolute Gasteiger partial charge is 0.492 e. The van der Waals surface area contributed by atoms with Crippen LogP contribution >= 0.6 is 0 Å².